The smallest absolute Gasteiger partial charge is 0.156 e. The summed E-state index contributed by atoms with van der Waals surface area (Å²) in [6.07, 6.45) is 1.22. The summed E-state index contributed by atoms with van der Waals surface area (Å²) in [6, 6.07) is 0.556. The second kappa shape index (κ2) is 5.03. The third-order valence-corrected chi connectivity index (χ3v) is 3.28. The molecule has 0 aromatic carbocycles. The Hall–Kier alpha value is -0.220. The molecule has 0 spiro atoms. The van der Waals surface area contributed by atoms with Crippen molar-refractivity contribution in [3.63, 3.8) is 0 Å². The molecule has 1 unspecified atom stereocenters. The zero-order valence-corrected chi connectivity index (χ0v) is 10.3. The van der Waals surface area contributed by atoms with Gasteiger partial charge in [0.05, 0.1) is 12.1 Å². The fraction of sp³-hybridized carbons (Fsp3) is 0.900. The average Bonchev–Trinajstić information content (AvgIpc) is 2.15. The summed E-state index contributed by atoms with van der Waals surface area (Å²) in [5.41, 5.74) is -0.157. The lowest BCUT2D eigenvalue weighted by Gasteiger charge is -2.24. The molecule has 1 rings (SSSR count). The highest BCUT2D eigenvalue weighted by Gasteiger charge is 2.18. The van der Waals surface area contributed by atoms with E-state index in [4.69, 9.17) is 4.74 Å². The van der Waals surface area contributed by atoms with Crippen LogP contribution in [0.1, 0.15) is 27.2 Å². The summed E-state index contributed by atoms with van der Waals surface area (Å²) in [4.78, 5) is 4.52. The molecule has 0 aliphatic carbocycles. The zero-order valence-electron chi connectivity index (χ0n) is 9.46. The van der Waals surface area contributed by atoms with Gasteiger partial charge in [0.15, 0.2) is 5.17 Å². The first kappa shape index (κ1) is 11.9. The predicted molar refractivity (Wildman–Crippen MR) is 63.1 cm³/mol. The van der Waals surface area contributed by atoms with E-state index >= 15 is 0 Å². The lowest BCUT2D eigenvalue weighted by Crippen LogP contribution is -2.37. The Kier molecular flexibility index (Phi) is 4.26. The number of ether oxygens (including phenoxy) is 1. The van der Waals surface area contributed by atoms with E-state index in [1.54, 1.807) is 18.9 Å². The molecule has 0 radical (unpaired) electrons. The Bertz CT molecular complexity index is 216. The molecule has 3 nitrogen and oxygen atoms in total. The maximum atomic E-state index is 5.31. The van der Waals surface area contributed by atoms with Gasteiger partial charge in [0.1, 0.15) is 0 Å². The lowest BCUT2D eigenvalue weighted by atomic mass is 10.1. The zero-order chi connectivity index (χ0) is 10.6. The van der Waals surface area contributed by atoms with Gasteiger partial charge >= 0.3 is 0 Å². The van der Waals surface area contributed by atoms with Crippen LogP contribution in [0.25, 0.3) is 0 Å². The topological polar surface area (TPSA) is 33.6 Å². The van der Waals surface area contributed by atoms with Gasteiger partial charge in [0, 0.05) is 18.9 Å². The van der Waals surface area contributed by atoms with E-state index in [2.05, 4.69) is 17.2 Å². The van der Waals surface area contributed by atoms with Gasteiger partial charge in [-0.05, 0) is 27.2 Å². The number of hydrogen-bond acceptors (Lipinski definition) is 3. The standard InChI is InChI=1S/C10H20N2OS/c1-8-5-6-14-9(12-8)11-7-10(2,3)13-4/h8H,5-7H2,1-4H3,(H,11,12). The molecule has 0 saturated carbocycles. The van der Waals surface area contributed by atoms with Crippen molar-refractivity contribution in [1.29, 1.82) is 0 Å². The van der Waals surface area contributed by atoms with Crippen molar-refractivity contribution in [2.24, 2.45) is 4.99 Å². The maximum absolute atomic E-state index is 5.31. The van der Waals surface area contributed by atoms with Gasteiger partial charge in [-0.2, -0.15) is 0 Å². The van der Waals surface area contributed by atoms with E-state index in [-0.39, 0.29) is 5.60 Å². The molecular formula is C10H20N2OS. The first-order chi connectivity index (χ1) is 6.53. The van der Waals surface area contributed by atoms with E-state index in [1.807, 2.05) is 13.8 Å². The third-order valence-electron chi connectivity index (χ3n) is 2.32. The Balaban J connectivity index is 2.43. The van der Waals surface area contributed by atoms with Crippen LogP contribution in [-0.2, 0) is 4.74 Å². The van der Waals surface area contributed by atoms with Crippen LogP contribution in [-0.4, -0.2) is 36.2 Å². The number of aliphatic imine (C=N–C) groups is 1. The molecule has 0 aromatic rings. The maximum Gasteiger partial charge on any atom is 0.156 e. The Morgan fingerprint density at radius 2 is 2.36 bits per heavy atom. The molecule has 14 heavy (non-hydrogen) atoms. The van der Waals surface area contributed by atoms with Gasteiger partial charge in [-0.1, -0.05) is 11.8 Å². The quantitative estimate of drug-likeness (QED) is 0.782. The highest BCUT2D eigenvalue weighted by atomic mass is 32.2. The Morgan fingerprint density at radius 1 is 1.64 bits per heavy atom. The van der Waals surface area contributed by atoms with Crippen LogP contribution >= 0.6 is 11.8 Å². The third kappa shape index (κ3) is 3.88. The molecule has 82 valence electrons. The van der Waals surface area contributed by atoms with Crippen LogP contribution in [0.4, 0.5) is 0 Å². The molecular weight excluding hydrogens is 196 g/mol. The van der Waals surface area contributed by atoms with E-state index in [0.29, 0.717) is 12.6 Å². The lowest BCUT2D eigenvalue weighted by molar-refractivity contribution is 0.0312. The van der Waals surface area contributed by atoms with Crippen LogP contribution in [0.2, 0.25) is 0 Å². The number of nitrogens with one attached hydrogen (secondary N) is 1. The summed E-state index contributed by atoms with van der Waals surface area (Å²) >= 11 is 1.80. The van der Waals surface area contributed by atoms with Gasteiger partial charge in [-0.3, -0.25) is 4.99 Å². The first-order valence-corrected chi connectivity index (χ1v) is 6.01. The number of methoxy groups -OCH3 is 1. The van der Waals surface area contributed by atoms with E-state index in [1.165, 1.54) is 12.2 Å². The number of amidine groups is 1. The van der Waals surface area contributed by atoms with Crippen molar-refractivity contribution >= 4 is 16.9 Å². The number of hydrogen-bond donors (Lipinski definition) is 1. The van der Waals surface area contributed by atoms with Gasteiger partial charge in [-0.25, -0.2) is 0 Å². The van der Waals surface area contributed by atoms with Crippen molar-refractivity contribution in [2.45, 2.75) is 38.8 Å². The van der Waals surface area contributed by atoms with Crippen LogP contribution in [0.5, 0.6) is 0 Å². The fourth-order valence-electron chi connectivity index (χ4n) is 1.08. The van der Waals surface area contributed by atoms with Crippen molar-refractivity contribution in [3.8, 4) is 0 Å². The second-order valence-corrected chi connectivity index (χ2v) is 5.35. The van der Waals surface area contributed by atoms with Crippen molar-refractivity contribution in [2.75, 3.05) is 19.4 Å². The number of thioether (sulfide) groups is 1. The average molecular weight is 216 g/mol. The summed E-state index contributed by atoms with van der Waals surface area (Å²) in [7, 11) is 1.73. The molecule has 1 N–H and O–H groups in total. The van der Waals surface area contributed by atoms with Gasteiger partial charge in [-0.15, -0.1) is 0 Å². The fourth-order valence-corrected chi connectivity index (χ4v) is 2.18. The molecule has 1 atom stereocenters. The molecule has 1 aliphatic heterocycles. The summed E-state index contributed by atoms with van der Waals surface area (Å²) in [5.74, 6) is 1.17. The molecule has 4 heteroatoms. The highest BCUT2D eigenvalue weighted by Crippen LogP contribution is 2.15. The molecule has 1 saturated heterocycles. The van der Waals surface area contributed by atoms with Gasteiger partial charge < -0.3 is 10.1 Å². The van der Waals surface area contributed by atoms with Crippen LogP contribution in [0.15, 0.2) is 4.99 Å². The molecule has 0 bridgehead atoms. The number of rotatable bonds is 3. The normalized spacial score (nSPS) is 26.3. The van der Waals surface area contributed by atoms with E-state index in [9.17, 15) is 0 Å². The minimum absolute atomic E-state index is 0.157. The van der Waals surface area contributed by atoms with Gasteiger partial charge in [0.2, 0.25) is 0 Å². The molecule has 1 aliphatic rings. The Morgan fingerprint density at radius 3 is 2.93 bits per heavy atom. The second-order valence-electron chi connectivity index (χ2n) is 4.27. The largest absolute Gasteiger partial charge is 0.377 e. The SMILES string of the molecule is COC(C)(C)CN=C1NC(C)CCS1. The molecule has 0 aromatic heterocycles. The molecule has 1 fully saturated rings. The monoisotopic (exact) mass is 216 g/mol. The van der Waals surface area contributed by atoms with Gasteiger partial charge in [0.25, 0.3) is 0 Å². The molecule has 0 amide bonds. The summed E-state index contributed by atoms with van der Waals surface area (Å²) in [6.45, 7) is 7.00. The number of nitrogens with zero attached hydrogens (tertiary/aromatic N) is 1. The van der Waals surface area contributed by atoms with Crippen molar-refractivity contribution in [3.05, 3.63) is 0 Å². The van der Waals surface area contributed by atoms with E-state index < -0.39 is 0 Å². The van der Waals surface area contributed by atoms with Crippen molar-refractivity contribution in [1.82, 2.24) is 5.32 Å². The van der Waals surface area contributed by atoms with Crippen molar-refractivity contribution < 1.29 is 4.74 Å². The molecule has 1 heterocycles. The van der Waals surface area contributed by atoms with Crippen LogP contribution in [0.3, 0.4) is 0 Å². The predicted octanol–water partition coefficient (Wildman–Crippen LogP) is 1.88. The minimum Gasteiger partial charge on any atom is -0.377 e. The van der Waals surface area contributed by atoms with Crippen LogP contribution in [0, 0.1) is 0 Å². The highest BCUT2D eigenvalue weighted by molar-refractivity contribution is 8.13. The summed E-state index contributed by atoms with van der Waals surface area (Å²) in [5, 5.41) is 4.43. The first-order valence-electron chi connectivity index (χ1n) is 5.02. The van der Waals surface area contributed by atoms with E-state index in [0.717, 1.165) is 5.17 Å². The van der Waals surface area contributed by atoms with Crippen LogP contribution < -0.4 is 5.32 Å². The minimum atomic E-state index is -0.157. The Labute approximate surface area is 90.7 Å². The summed E-state index contributed by atoms with van der Waals surface area (Å²) < 4.78 is 5.31.